The Morgan fingerprint density at radius 1 is 0.968 bits per heavy atom. The monoisotopic (exact) mass is 467 g/mol. The van der Waals surface area contributed by atoms with E-state index in [0.717, 1.165) is 38.3 Å². The average Bonchev–Trinajstić information content (AvgIpc) is 2.79. The van der Waals surface area contributed by atoms with Crippen molar-refractivity contribution in [2.45, 2.75) is 31.1 Å². The van der Waals surface area contributed by atoms with Crippen LogP contribution in [0.4, 0.5) is 0 Å². The number of methoxy groups -OCH3 is 2. The Bertz CT molecular complexity index is 765. The summed E-state index contributed by atoms with van der Waals surface area (Å²) >= 11 is 0. The smallest absolute Gasteiger partial charge is 0.174 e. The molecule has 7 heteroatoms. The van der Waals surface area contributed by atoms with E-state index >= 15 is 0 Å². The third-order valence-electron chi connectivity index (χ3n) is 5.83. The van der Waals surface area contributed by atoms with Gasteiger partial charge in [0.05, 0.1) is 12.0 Å². The number of halogens is 2. The van der Waals surface area contributed by atoms with Crippen LogP contribution in [-0.2, 0) is 21.4 Å². The van der Waals surface area contributed by atoms with E-state index in [1.54, 1.807) is 14.2 Å². The van der Waals surface area contributed by atoms with Crippen LogP contribution in [0.3, 0.4) is 0 Å². The Morgan fingerprint density at radius 2 is 1.52 bits per heavy atom. The highest BCUT2D eigenvalue weighted by atomic mass is 35.5. The van der Waals surface area contributed by atoms with E-state index in [2.05, 4.69) is 64.8 Å². The van der Waals surface area contributed by atoms with E-state index in [1.807, 2.05) is 13.1 Å². The third-order valence-corrected chi connectivity index (χ3v) is 5.83. The molecule has 172 valence electrons. The van der Waals surface area contributed by atoms with Crippen LogP contribution >= 0.6 is 24.8 Å². The highest BCUT2D eigenvalue weighted by molar-refractivity contribution is 5.93. The van der Waals surface area contributed by atoms with Crippen molar-refractivity contribution in [2.24, 2.45) is 4.99 Å². The summed E-state index contributed by atoms with van der Waals surface area (Å²) in [7, 11) is 5.29. The van der Waals surface area contributed by atoms with Gasteiger partial charge in [-0.05, 0) is 37.1 Å². The standard InChI is InChI=1S/C24H33N3O2.2ClH/c1-25-23(24(14-16-26-17-15-24)21-12-8-5-9-13-21)27(19-22(28-2)29-3)18-20-10-6-4-7-11-20;;/h4-13,22,26H,14-19H2,1-3H3;2*1H. The van der Waals surface area contributed by atoms with Crippen LogP contribution in [-0.4, -0.2) is 57.9 Å². The molecule has 5 nitrogen and oxygen atoms in total. The summed E-state index contributed by atoms with van der Waals surface area (Å²) in [5.74, 6) is 1.10. The molecule has 1 heterocycles. The zero-order chi connectivity index (χ0) is 20.5. The van der Waals surface area contributed by atoms with Gasteiger partial charge in [0, 0.05) is 27.8 Å². The predicted octanol–water partition coefficient (Wildman–Crippen LogP) is 4.30. The molecule has 0 unspecified atom stereocenters. The Kier molecular flexibility index (Phi) is 12.1. The molecule has 0 saturated carbocycles. The van der Waals surface area contributed by atoms with Crippen LogP contribution in [0, 0.1) is 0 Å². The number of benzene rings is 2. The van der Waals surface area contributed by atoms with Crippen LogP contribution in [0.5, 0.6) is 0 Å². The maximum absolute atomic E-state index is 5.56. The second-order valence-electron chi connectivity index (χ2n) is 7.51. The molecule has 1 saturated heterocycles. The van der Waals surface area contributed by atoms with Crippen molar-refractivity contribution < 1.29 is 9.47 Å². The van der Waals surface area contributed by atoms with Gasteiger partial charge in [0.25, 0.3) is 0 Å². The lowest BCUT2D eigenvalue weighted by molar-refractivity contribution is -0.110. The van der Waals surface area contributed by atoms with Gasteiger partial charge in [-0.1, -0.05) is 60.7 Å². The van der Waals surface area contributed by atoms with Gasteiger partial charge in [0.1, 0.15) is 5.84 Å². The number of amidine groups is 1. The fourth-order valence-electron chi connectivity index (χ4n) is 4.37. The number of nitrogens with one attached hydrogen (secondary N) is 1. The van der Waals surface area contributed by atoms with E-state index < -0.39 is 0 Å². The first-order valence-corrected chi connectivity index (χ1v) is 10.3. The molecule has 0 amide bonds. The summed E-state index contributed by atoms with van der Waals surface area (Å²) in [5, 5.41) is 3.52. The summed E-state index contributed by atoms with van der Waals surface area (Å²) in [6.45, 7) is 3.34. The van der Waals surface area contributed by atoms with Crippen LogP contribution in [0.25, 0.3) is 0 Å². The molecule has 1 aliphatic heterocycles. The number of nitrogens with zero attached hydrogens (tertiary/aromatic N) is 2. The summed E-state index contributed by atoms with van der Waals surface area (Å²) in [6.07, 6.45) is 1.71. The van der Waals surface area contributed by atoms with E-state index in [1.165, 1.54) is 11.1 Å². The number of ether oxygens (including phenoxy) is 2. The Hall–Kier alpha value is -1.63. The summed E-state index contributed by atoms with van der Waals surface area (Å²) in [5.41, 5.74) is 2.45. The SMILES string of the molecule is CN=C(N(Cc1ccccc1)CC(OC)OC)C1(c2ccccc2)CCNCC1.Cl.Cl. The molecule has 31 heavy (non-hydrogen) atoms. The van der Waals surface area contributed by atoms with Gasteiger partial charge >= 0.3 is 0 Å². The Morgan fingerprint density at radius 3 is 2.03 bits per heavy atom. The number of hydrogen-bond acceptors (Lipinski definition) is 4. The fraction of sp³-hybridized carbons (Fsp3) is 0.458. The maximum Gasteiger partial charge on any atom is 0.174 e. The second-order valence-corrected chi connectivity index (χ2v) is 7.51. The van der Waals surface area contributed by atoms with Gasteiger partial charge < -0.3 is 19.7 Å². The Balaban J connectivity index is 0.00000240. The van der Waals surface area contributed by atoms with Crippen LogP contribution in [0.2, 0.25) is 0 Å². The molecule has 0 aromatic heterocycles. The molecule has 0 bridgehead atoms. The minimum atomic E-state index is -0.315. The molecule has 0 spiro atoms. The first-order chi connectivity index (χ1) is 14.2. The topological polar surface area (TPSA) is 46.1 Å². The van der Waals surface area contributed by atoms with Crippen LogP contribution < -0.4 is 5.32 Å². The minimum Gasteiger partial charge on any atom is -0.354 e. The molecular formula is C24H35Cl2N3O2. The number of aliphatic imine (C=N–C) groups is 1. The van der Waals surface area contributed by atoms with Crippen LogP contribution in [0.15, 0.2) is 65.7 Å². The van der Waals surface area contributed by atoms with Crippen molar-refractivity contribution in [3.63, 3.8) is 0 Å². The normalized spacial score (nSPS) is 15.7. The van der Waals surface area contributed by atoms with Crippen molar-refractivity contribution in [2.75, 3.05) is 40.9 Å². The average molecular weight is 468 g/mol. The highest BCUT2D eigenvalue weighted by Gasteiger charge is 2.41. The molecule has 1 aliphatic rings. The zero-order valence-corrected chi connectivity index (χ0v) is 20.3. The molecule has 0 atom stereocenters. The van der Waals surface area contributed by atoms with Crippen LogP contribution in [0.1, 0.15) is 24.0 Å². The largest absolute Gasteiger partial charge is 0.354 e. The second kappa shape index (κ2) is 13.7. The van der Waals surface area contributed by atoms with Gasteiger partial charge in [0.2, 0.25) is 0 Å². The van der Waals surface area contributed by atoms with E-state index in [4.69, 9.17) is 14.5 Å². The van der Waals surface area contributed by atoms with E-state index in [-0.39, 0.29) is 36.5 Å². The lowest BCUT2D eigenvalue weighted by Gasteiger charge is -2.44. The molecular weight excluding hydrogens is 433 g/mol. The fourth-order valence-corrected chi connectivity index (χ4v) is 4.37. The first kappa shape index (κ1) is 27.4. The number of piperidine rings is 1. The molecule has 1 N–H and O–H groups in total. The molecule has 2 aromatic carbocycles. The summed E-state index contributed by atoms with van der Waals surface area (Å²) < 4.78 is 11.1. The van der Waals surface area contributed by atoms with Crippen molar-refractivity contribution in [1.82, 2.24) is 10.2 Å². The number of hydrogen-bond donors (Lipinski definition) is 1. The third kappa shape index (κ3) is 6.67. The van der Waals surface area contributed by atoms with Gasteiger partial charge in [-0.15, -0.1) is 24.8 Å². The quantitative estimate of drug-likeness (QED) is 0.357. The lowest BCUT2D eigenvalue weighted by Crippen LogP contribution is -2.53. The summed E-state index contributed by atoms with van der Waals surface area (Å²) in [4.78, 5) is 7.22. The summed E-state index contributed by atoms with van der Waals surface area (Å²) in [6, 6.07) is 21.3. The zero-order valence-electron chi connectivity index (χ0n) is 18.6. The minimum absolute atomic E-state index is 0. The van der Waals surface area contributed by atoms with Crippen molar-refractivity contribution in [1.29, 1.82) is 0 Å². The predicted molar refractivity (Wildman–Crippen MR) is 133 cm³/mol. The van der Waals surface area contributed by atoms with E-state index in [0.29, 0.717) is 6.54 Å². The van der Waals surface area contributed by atoms with E-state index in [9.17, 15) is 0 Å². The maximum atomic E-state index is 5.56. The van der Waals surface area contributed by atoms with Gasteiger partial charge in [0.15, 0.2) is 6.29 Å². The Labute approximate surface area is 199 Å². The van der Waals surface area contributed by atoms with Crippen molar-refractivity contribution >= 4 is 30.6 Å². The van der Waals surface area contributed by atoms with Gasteiger partial charge in [-0.3, -0.25) is 4.99 Å². The van der Waals surface area contributed by atoms with Gasteiger partial charge in [-0.25, -0.2) is 0 Å². The molecule has 0 aliphatic carbocycles. The molecule has 1 fully saturated rings. The van der Waals surface area contributed by atoms with Crippen molar-refractivity contribution in [3.8, 4) is 0 Å². The highest BCUT2D eigenvalue weighted by Crippen LogP contribution is 2.37. The van der Waals surface area contributed by atoms with Gasteiger partial charge in [-0.2, -0.15) is 0 Å². The number of rotatable bonds is 8. The molecule has 2 aromatic rings. The molecule has 3 rings (SSSR count). The first-order valence-electron chi connectivity index (χ1n) is 10.3. The lowest BCUT2D eigenvalue weighted by atomic mass is 9.71. The molecule has 0 radical (unpaired) electrons. The van der Waals surface area contributed by atoms with Crippen molar-refractivity contribution in [3.05, 3.63) is 71.8 Å².